The highest BCUT2D eigenvalue weighted by molar-refractivity contribution is 7.94. The molecule has 0 aliphatic carbocycles. The third-order valence-corrected chi connectivity index (χ3v) is 8.83. The van der Waals surface area contributed by atoms with E-state index in [0.717, 1.165) is 10.3 Å². The summed E-state index contributed by atoms with van der Waals surface area (Å²) in [5.74, 6) is -2.50. The average Bonchev–Trinajstić information content (AvgIpc) is 2.86. The molecule has 3 unspecified atom stereocenters. The summed E-state index contributed by atoms with van der Waals surface area (Å²) in [4.78, 5) is 38.5. The van der Waals surface area contributed by atoms with Crippen LogP contribution in [0.1, 0.15) is 31.1 Å². The second kappa shape index (κ2) is 6.94. The van der Waals surface area contributed by atoms with Gasteiger partial charge < -0.3 is 20.1 Å². The number of carbonyl (C=O) groups excluding carboxylic acids is 2. The van der Waals surface area contributed by atoms with Crippen LogP contribution in [0, 0.1) is 0 Å². The summed E-state index contributed by atoms with van der Waals surface area (Å²) in [7, 11) is -4.05. The van der Waals surface area contributed by atoms with Crippen LogP contribution in [0.3, 0.4) is 0 Å². The zero-order chi connectivity index (χ0) is 22.7. The van der Waals surface area contributed by atoms with E-state index >= 15 is 0 Å². The first kappa shape index (κ1) is 21.1. The van der Waals surface area contributed by atoms with Crippen LogP contribution in [0.5, 0.6) is 5.75 Å². The number of rotatable bonds is 5. The number of hydrogen-bond donors (Lipinski definition) is 2. The Hall–Kier alpha value is -3.14. The van der Waals surface area contributed by atoms with Crippen molar-refractivity contribution in [3.8, 4) is 5.75 Å². The van der Waals surface area contributed by atoms with Crippen LogP contribution < -0.4 is 10.1 Å². The van der Waals surface area contributed by atoms with Crippen molar-refractivity contribution in [2.75, 3.05) is 6.61 Å². The van der Waals surface area contributed by atoms with E-state index in [0.29, 0.717) is 17.7 Å². The minimum atomic E-state index is -4.05. The quantitative estimate of drug-likeness (QED) is 0.659. The molecule has 2 N–H and O–H groups in total. The summed E-state index contributed by atoms with van der Waals surface area (Å²) >= 11 is 0. The SMILES string of the molecule is CCOc1ccc2ccccc2c1C(=O)NC1C(=O)N2C(C(=O)O)C(C)(C)S(=O)(=O)C12. The van der Waals surface area contributed by atoms with Crippen LogP contribution in [0.25, 0.3) is 10.8 Å². The van der Waals surface area contributed by atoms with Crippen LogP contribution in [-0.2, 0) is 19.4 Å². The first-order valence-corrected chi connectivity index (χ1v) is 11.3. The van der Waals surface area contributed by atoms with Gasteiger partial charge in [0.05, 0.1) is 12.2 Å². The third-order valence-electron chi connectivity index (χ3n) is 6.01. The maximum atomic E-state index is 13.2. The number of sulfone groups is 1. The van der Waals surface area contributed by atoms with E-state index in [1.54, 1.807) is 31.2 Å². The summed E-state index contributed by atoms with van der Waals surface area (Å²) in [5, 5.41) is 12.0. The number of hydrogen-bond acceptors (Lipinski definition) is 6. The number of ether oxygens (including phenoxy) is 1. The predicted octanol–water partition coefficient (Wildman–Crippen LogP) is 1.17. The van der Waals surface area contributed by atoms with Gasteiger partial charge in [-0.1, -0.05) is 30.3 Å². The van der Waals surface area contributed by atoms with Crippen LogP contribution in [0.4, 0.5) is 0 Å². The van der Waals surface area contributed by atoms with E-state index in [1.807, 2.05) is 12.1 Å². The Morgan fingerprint density at radius 1 is 1.19 bits per heavy atom. The molecule has 2 saturated heterocycles. The van der Waals surface area contributed by atoms with E-state index in [2.05, 4.69) is 5.32 Å². The normalized spacial score (nSPS) is 25.6. The first-order chi connectivity index (χ1) is 14.5. The molecule has 2 aromatic rings. The van der Waals surface area contributed by atoms with E-state index in [4.69, 9.17) is 4.74 Å². The zero-order valence-electron chi connectivity index (χ0n) is 17.2. The monoisotopic (exact) mass is 446 g/mol. The smallest absolute Gasteiger partial charge is 0.328 e. The molecular formula is C21H22N2O7S. The van der Waals surface area contributed by atoms with E-state index < -0.39 is 49.8 Å². The van der Waals surface area contributed by atoms with Crippen molar-refractivity contribution in [3.63, 3.8) is 0 Å². The topological polar surface area (TPSA) is 130 Å². The number of nitrogens with one attached hydrogen (secondary N) is 1. The molecule has 2 aliphatic rings. The first-order valence-electron chi connectivity index (χ1n) is 9.78. The molecule has 10 heteroatoms. The minimum absolute atomic E-state index is 0.190. The fourth-order valence-electron chi connectivity index (χ4n) is 4.42. The molecular weight excluding hydrogens is 424 g/mol. The molecule has 9 nitrogen and oxygen atoms in total. The van der Waals surface area contributed by atoms with Gasteiger partial charge in [-0.3, -0.25) is 9.59 Å². The number of carbonyl (C=O) groups is 3. The fraction of sp³-hybridized carbons (Fsp3) is 0.381. The molecule has 0 aromatic heterocycles. The Labute approximate surface area is 178 Å². The Morgan fingerprint density at radius 3 is 2.52 bits per heavy atom. The number of nitrogens with zero attached hydrogens (tertiary/aromatic N) is 1. The van der Waals surface area contributed by atoms with Gasteiger partial charge in [-0.15, -0.1) is 0 Å². The summed E-state index contributed by atoms with van der Waals surface area (Å²) in [6, 6.07) is 7.69. The lowest BCUT2D eigenvalue weighted by Gasteiger charge is -2.42. The van der Waals surface area contributed by atoms with Gasteiger partial charge in [0, 0.05) is 0 Å². The van der Waals surface area contributed by atoms with Gasteiger partial charge in [0.2, 0.25) is 5.91 Å². The Morgan fingerprint density at radius 2 is 1.87 bits per heavy atom. The molecule has 0 saturated carbocycles. The van der Waals surface area contributed by atoms with E-state index in [-0.39, 0.29) is 5.56 Å². The van der Waals surface area contributed by atoms with Gasteiger partial charge in [0.1, 0.15) is 22.6 Å². The second-order valence-electron chi connectivity index (χ2n) is 8.07. The summed E-state index contributed by atoms with van der Waals surface area (Å²) < 4.78 is 29.9. The molecule has 0 spiro atoms. The van der Waals surface area contributed by atoms with Gasteiger partial charge in [0.15, 0.2) is 15.2 Å². The van der Waals surface area contributed by atoms with Crippen molar-refractivity contribution in [2.45, 2.75) is 43.0 Å². The van der Waals surface area contributed by atoms with Gasteiger partial charge in [0.25, 0.3) is 5.91 Å². The Kier molecular flexibility index (Phi) is 4.73. The summed E-state index contributed by atoms with van der Waals surface area (Å²) in [6.45, 7) is 4.64. The number of amides is 2. The van der Waals surface area contributed by atoms with Crippen LogP contribution in [0.15, 0.2) is 36.4 Å². The predicted molar refractivity (Wildman–Crippen MR) is 111 cm³/mol. The lowest BCUT2D eigenvalue weighted by Crippen LogP contribution is -2.72. The van der Waals surface area contributed by atoms with Crippen LogP contribution in [-0.4, -0.2) is 65.0 Å². The molecule has 31 heavy (non-hydrogen) atoms. The largest absolute Gasteiger partial charge is 0.493 e. The lowest BCUT2D eigenvalue weighted by atomic mass is 9.95. The highest BCUT2D eigenvalue weighted by Gasteiger charge is 2.72. The molecule has 0 radical (unpaired) electrons. The third kappa shape index (κ3) is 2.81. The molecule has 2 aromatic carbocycles. The maximum Gasteiger partial charge on any atom is 0.328 e. The van der Waals surface area contributed by atoms with Crippen molar-refractivity contribution in [1.82, 2.24) is 10.2 Å². The van der Waals surface area contributed by atoms with Crippen molar-refractivity contribution in [2.24, 2.45) is 0 Å². The van der Waals surface area contributed by atoms with Crippen molar-refractivity contribution in [1.29, 1.82) is 0 Å². The molecule has 3 atom stereocenters. The standard InChI is InChI=1S/C21H22N2O7S/c1-4-30-13-10-9-11-7-5-6-8-12(11)14(13)17(24)22-15-18(25)23-16(20(26)27)21(2,3)31(28,29)19(15)23/h5-10,15-16,19H,4H2,1-3H3,(H,22,24)(H,26,27). The number of β-lactam (4-membered cyclic amide) rings is 1. The fourth-order valence-corrected chi connectivity index (χ4v) is 6.63. The summed E-state index contributed by atoms with van der Waals surface area (Å²) in [6.07, 6.45) is 0. The van der Waals surface area contributed by atoms with Crippen molar-refractivity contribution < 1.29 is 32.6 Å². The number of aliphatic carboxylic acids is 1. The van der Waals surface area contributed by atoms with Crippen LogP contribution in [0.2, 0.25) is 0 Å². The highest BCUT2D eigenvalue weighted by Crippen LogP contribution is 2.46. The molecule has 2 fully saturated rings. The van der Waals surface area contributed by atoms with Crippen molar-refractivity contribution >= 4 is 38.4 Å². The van der Waals surface area contributed by atoms with Gasteiger partial charge in [-0.25, -0.2) is 13.2 Å². The summed E-state index contributed by atoms with van der Waals surface area (Å²) in [5.41, 5.74) is 0.190. The minimum Gasteiger partial charge on any atom is -0.493 e. The molecule has 2 aliphatic heterocycles. The maximum absolute atomic E-state index is 13.2. The average molecular weight is 446 g/mol. The molecule has 0 bridgehead atoms. The zero-order valence-corrected chi connectivity index (χ0v) is 18.0. The number of benzene rings is 2. The number of carboxylic acids is 1. The highest BCUT2D eigenvalue weighted by atomic mass is 32.2. The van der Waals surface area contributed by atoms with E-state index in [1.165, 1.54) is 13.8 Å². The van der Waals surface area contributed by atoms with Gasteiger partial charge in [-0.2, -0.15) is 0 Å². The van der Waals surface area contributed by atoms with Crippen molar-refractivity contribution in [3.05, 3.63) is 42.0 Å². The molecule has 164 valence electrons. The van der Waals surface area contributed by atoms with Gasteiger partial charge in [-0.05, 0) is 37.6 Å². The number of fused-ring (bicyclic) bond motifs is 2. The van der Waals surface area contributed by atoms with Crippen LogP contribution >= 0.6 is 0 Å². The molecule has 2 amide bonds. The Balaban J connectivity index is 1.72. The second-order valence-corrected chi connectivity index (χ2v) is 10.7. The van der Waals surface area contributed by atoms with E-state index in [9.17, 15) is 27.9 Å². The lowest BCUT2D eigenvalue weighted by molar-refractivity contribution is -0.159. The van der Waals surface area contributed by atoms with Gasteiger partial charge >= 0.3 is 5.97 Å². The molecule has 4 rings (SSSR count). The number of carboxylic acid groups (broad SMARTS) is 1. The Bertz CT molecular complexity index is 1220. The molecule has 2 heterocycles.